The molecule has 1 saturated carbocycles. The summed E-state index contributed by atoms with van der Waals surface area (Å²) in [6, 6.07) is 7.93. The van der Waals surface area contributed by atoms with Crippen LogP contribution in [-0.2, 0) is 4.79 Å². The topological polar surface area (TPSA) is 32.3 Å². The first-order chi connectivity index (χ1) is 9.27. The average Bonchev–Trinajstić information content (AvgIpc) is 2.37. The molecule has 20 heavy (non-hydrogen) atoms. The Hall–Kier alpha value is -0.770. The van der Waals surface area contributed by atoms with Crippen LogP contribution < -0.4 is 5.32 Å². The Kier molecular flexibility index (Phi) is 5.30. The largest absolute Gasteiger partial charge is 0.333 e. The number of hydrogen-bond acceptors (Lipinski definition) is 2. The lowest BCUT2D eigenvalue weighted by atomic mass is 9.83. The third-order valence-corrected chi connectivity index (χ3v) is 4.59. The Morgan fingerprint density at radius 2 is 2.05 bits per heavy atom. The number of carbonyl (C=O) groups is 1. The number of nitrogens with zero attached hydrogens (tertiary/aromatic N) is 1. The summed E-state index contributed by atoms with van der Waals surface area (Å²) in [5.74, 6) is 0.570. The molecule has 1 N–H and O–H groups in total. The van der Waals surface area contributed by atoms with Crippen LogP contribution in [0.15, 0.2) is 24.3 Å². The number of rotatable bonds is 2. The van der Waals surface area contributed by atoms with Crippen LogP contribution in [0.2, 0.25) is 5.02 Å². The number of hydrogen-bond donors (Lipinski definition) is 1. The maximum absolute atomic E-state index is 12.5. The maximum Gasteiger partial charge on any atom is 0.226 e. The van der Waals surface area contributed by atoms with Gasteiger partial charge in [0.05, 0.1) is 6.04 Å². The van der Waals surface area contributed by atoms with Crippen molar-refractivity contribution in [1.29, 1.82) is 0 Å². The molecule has 1 aromatic carbocycles. The van der Waals surface area contributed by atoms with E-state index in [1.807, 2.05) is 29.2 Å². The van der Waals surface area contributed by atoms with E-state index in [1.165, 1.54) is 6.42 Å². The summed E-state index contributed by atoms with van der Waals surface area (Å²) >= 11 is 6.29. The van der Waals surface area contributed by atoms with Crippen molar-refractivity contribution in [1.82, 2.24) is 10.2 Å². The molecule has 2 fully saturated rings. The van der Waals surface area contributed by atoms with Crippen LogP contribution in [-0.4, -0.2) is 30.4 Å². The molecule has 1 atom stereocenters. The SMILES string of the molecule is Cl.O=C(C1CCC1)N1CCNCC1c1ccccc1Cl. The molecule has 0 bridgehead atoms. The van der Waals surface area contributed by atoms with Crippen LogP contribution in [0.25, 0.3) is 0 Å². The van der Waals surface area contributed by atoms with Crippen LogP contribution >= 0.6 is 24.0 Å². The summed E-state index contributed by atoms with van der Waals surface area (Å²) in [5, 5.41) is 4.12. The van der Waals surface area contributed by atoms with Crippen molar-refractivity contribution >= 4 is 29.9 Å². The van der Waals surface area contributed by atoms with Gasteiger partial charge in [0, 0.05) is 30.6 Å². The highest BCUT2D eigenvalue weighted by molar-refractivity contribution is 6.31. The van der Waals surface area contributed by atoms with Crippen molar-refractivity contribution < 1.29 is 4.79 Å². The monoisotopic (exact) mass is 314 g/mol. The number of benzene rings is 1. The molecule has 1 heterocycles. The Labute approximate surface area is 131 Å². The third kappa shape index (κ3) is 2.95. The fourth-order valence-electron chi connectivity index (χ4n) is 2.88. The zero-order valence-electron chi connectivity index (χ0n) is 11.3. The molecule has 1 aromatic rings. The minimum atomic E-state index is 0. The molecule has 3 rings (SSSR count). The molecule has 5 heteroatoms. The molecule has 0 spiro atoms. The van der Waals surface area contributed by atoms with Gasteiger partial charge in [-0.2, -0.15) is 0 Å². The van der Waals surface area contributed by atoms with Crippen LogP contribution in [0.5, 0.6) is 0 Å². The number of nitrogens with one attached hydrogen (secondary N) is 1. The molecule has 1 aliphatic heterocycles. The third-order valence-electron chi connectivity index (χ3n) is 4.25. The Balaban J connectivity index is 0.00000147. The van der Waals surface area contributed by atoms with E-state index in [4.69, 9.17) is 11.6 Å². The van der Waals surface area contributed by atoms with Crippen LogP contribution in [0.4, 0.5) is 0 Å². The van der Waals surface area contributed by atoms with Gasteiger partial charge in [0.2, 0.25) is 5.91 Å². The van der Waals surface area contributed by atoms with Gasteiger partial charge in [-0.15, -0.1) is 12.4 Å². The molecule has 2 aliphatic rings. The lowest BCUT2D eigenvalue weighted by molar-refractivity contribution is -0.141. The van der Waals surface area contributed by atoms with Gasteiger partial charge in [0.15, 0.2) is 0 Å². The van der Waals surface area contributed by atoms with Crippen molar-refractivity contribution in [2.75, 3.05) is 19.6 Å². The molecule has 3 nitrogen and oxygen atoms in total. The van der Waals surface area contributed by atoms with Crippen molar-refractivity contribution in [3.63, 3.8) is 0 Å². The van der Waals surface area contributed by atoms with E-state index < -0.39 is 0 Å². The molecular formula is C15H20Cl2N2O. The molecule has 1 amide bonds. The van der Waals surface area contributed by atoms with Gasteiger partial charge in [-0.05, 0) is 24.5 Å². The van der Waals surface area contributed by atoms with Crippen LogP contribution in [0.3, 0.4) is 0 Å². The van der Waals surface area contributed by atoms with Gasteiger partial charge >= 0.3 is 0 Å². The van der Waals surface area contributed by atoms with Crippen molar-refractivity contribution in [2.45, 2.75) is 25.3 Å². The number of carbonyl (C=O) groups excluding carboxylic acids is 1. The summed E-state index contributed by atoms with van der Waals surface area (Å²) in [6.45, 7) is 2.45. The van der Waals surface area contributed by atoms with Gasteiger partial charge in [-0.3, -0.25) is 4.79 Å². The van der Waals surface area contributed by atoms with E-state index in [9.17, 15) is 4.79 Å². The minimum Gasteiger partial charge on any atom is -0.333 e. The van der Waals surface area contributed by atoms with Crippen LogP contribution in [0.1, 0.15) is 30.9 Å². The van der Waals surface area contributed by atoms with Gasteiger partial charge in [0.1, 0.15) is 0 Å². The Bertz CT molecular complexity index is 477. The van der Waals surface area contributed by atoms with E-state index in [1.54, 1.807) is 0 Å². The van der Waals surface area contributed by atoms with Gasteiger partial charge in [-0.25, -0.2) is 0 Å². The predicted molar refractivity (Wildman–Crippen MR) is 83.4 cm³/mol. The summed E-state index contributed by atoms with van der Waals surface area (Å²) in [4.78, 5) is 14.6. The Morgan fingerprint density at radius 3 is 2.70 bits per heavy atom. The second kappa shape index (κ2) is 6.79. The normalized spacial score (nSPS) is 22.9. The van der Waals surface area contributed by atoms with E-state index in [0.29, 0.717) is 5.91 Å². The Morgan fingerprint density at radius 1 is 1.30 bits per heavy atom. The molecule has 0 radical (unpaired) electrons. The smallest absolute Gasteiger partial charge is 0.226 e. The van der Waals surface area contributed by atoms with Crippen molar-refractivity contribution in [3.8, 4) is 0 Å². The predicted octanol–water partition coefficient (Wildman–Crippen LogP) is 3.03. The standard InChI is InChI=1S/C15H19ClN2O.ClH/c16-13-7-2-1-6-12(13)14-10-17-8-9-18(14)15(19)11-4-3-5-11;/h1-2,6-7,11,14,17H,3-5,8-10H2;1H. The summed E-state index contributed by atoms with van der Waals surface area (Å²) < 4.78 is 0. The summed E-state index contributed by atoms with van der Waals surface area (Å²) in [5.41, 5.74) is 1.06. The highest BCUT2D eigenvalue weighted by Crippen LogP contribution is 2.34. The number of halogens is 2. The number of amides is 1. The quantitative estimate of drug-likeness (QED) is 0.910. The fourth-order valence-corrected chi connectivity index (χ4v) is 3.14. The first kappa shape index (κ1) is 15.6. The van der Waals surface area contributed by atoms with E-state index in [-0.39, 0.29) is 24.4 Å². The lowest BCUT2D eigenvalue weighted by Gasteiger charge is -2.40. The zero-order chi connectivity index (χ0) is 13.2. The molecule has 0 aromatic heterocycles. The van der Waals surface area contributed by atoms with Gasteiger partial charge < -0.3 is 10.2 Å². The van der Waals surface area contributed by atoms with Crippen molar-refractivity contribution in [3.05, 3.63) is 34.9 Å². The second-order valence-electron chi connectivity index (χ2n) is 5.40. The van der Waals surface area contributed by atoms with Crippen molar-refractivity contribution in [2.24, 2.45) is 5.92 Å². The first-order valence-corrected chi connectivity index (χ1v) is 7.41. The molecule has 1 unspecified atom stereocenters. The maximum atomic E-state index is 12.5. The molecular weight excluding hydrogens is 295 g/mol. The van der Waals surface area contributed by atoms with Crippen LogP contribution in [0, 0.1) is 5.92 Å². The minimum absolute atomic E-state index is 0. The molecule has 110 valence electrons. The highest BCUT2D eigenvalue weighted by atomic mass is 35.5. The van der Waals surface area contributed by atoms with Gasteiger partial charge in [-0.1, -0.05) is 36.2 Å². The number of piperazine rings is 1. The first-order valence-electron chi connectivity index (χ1n) is 7.03. The molecule has 1 aliphatic carbocycles. The lowest BCUT2D eigenvalue weighted by Crippen LogP contribution is -2.51. The summed E-state index contributed by atoms with van der Waals surface area (Å²) in [7, 11) is 0. The zero-order valence-corrected chi connectivity index (χ0v) is 12.9. The highest BCUT2D eigenvalue weighted by Gasteiger charge is 2.35. The van der Waals surface area contributed by atoms with E-state index in [2.05, 4.69) is 5.32 Å². The van der Waals surface area contributed by atoms with E-state index in [0.717, 1.165) is 43.1 Å². The summed E-state index contributed by atoms with van der Waals surface area (Å²) in [6.07, 6.45) is 3.30. The van der Waals surface area contributed by atoms with Gasteiger partial charge in [0.25, 0.3) is 0 Å². The second-order valence-corrected chi connectivity index (χ2v) is 5.81. The average molecular weight is 315 g/mol. The molecule has 1 saturated heterocycles. The van der Waals surface area contributed by atoms with E-state index >= 15 is 0 Å². The fraction of sp³-hybridized carbons (Fsp3) is 0.533.